The molecule has 1 heterocycles. The molecule has 0 aliphatic rings. The molecule has 126 valence electrons. The number of hydrogen-bond donors (Lipinski definition) is 1. The SMILES string of the molecule is Cc1cc(C)c(C(=O)OCC(=O)Nc2ccc(F)cc2Cl)c(Cl)n1. The van der Waals surface area contributed by atoms with Gasteiger partial charge in [-0.05, 0) is 43.7 Å². The molecule has 0 radical (unpaired) electrons. The maximum absolute atomic E-state index is 12.9. The van der Waals surface area contributed by atoms with Crippen molar-refractivity contribution in [3.63, 3.8) is 0 Å². The Balaban J connectivity index is 2.00. The van der Waals surface area contributed by atoms with E-state index in [1.165, 1.54) is 6.07 Å². The van der Waals surface area contributed by atoms with Crippen molar-refractivity contribution in [2.24, 2.45) is 0 Å². The predicted octanol–water partition coefficient (Wildman–Crippen LogP) is 3.94. The van der Waals surface area contributed by atoms with Gasteiger partial charge in [-0.25, -0.2) is 14.2 Å². The summed E-state index contributed by atoms with van der Waals surface area (Å²) in [6, 6.07) is 5.20. The van der Waals surface area contributed by atoms with E-state index < -0.39 is 24.3 Å². The van der Waals surface area contributed by atoms with Gasteiger partial charge in [0.25, 0.3) is 5.91 Å². The lowest BCUT2D eigenvalue weighted by Crippen LogP contribution is -2.21. The van der Waals surface area contributed by atoms with Gasteiger partial charge in [-0.2, -0.15) is 0 Å². The quantitative estimate of drug-likeness (QED) is 0.653. The average Bonchev–Trinajstić information content (AvgIpc) is 2.47. The maximum atomic E-state index is 12.9. The Labute approximate surface area is 147 Å². The monoisotopic (exact) mass is 370 g/mol. The van der Waals surface area contributed by atoms with Crippen LogP contribution in [0.4, 0.5) is 10.1 Å². The molecule has 0 saturated carbocycles. The van der Waals surface area contributed by atoms with Crippen molar-refractivity contribution >= 4 is 40.8 Å². The highest BCUT2D eigenvalue weighted by Crippen LogP contribution is 2.22. The van der Waals surface area contributed by atoms with Crippen LogP contribution in [0, 0.1) is 19.7 Å². The molecule has 1 aromatic heterocycles. The number of rotatable bonds is 4. The van der Waals surface area contributed by atoms with E-state index in [0.717, 1.165) is 12.1 Å². The Morgan fingerprint density at radius 2 is 1.96 bits per heavy atom. The number of carbonyl (C=O) groups excluding carboxylic acids is 2. The molecule has 0 atom stereocenters. The summed E-state index contributed by atoms with van der Waals surface area (Å²) in [5, 5.41) is 2.47. The zero-order valence-electron chi connectivity index (χ0n) is 12.8. The summed E-state index contributed by atoms with van der Waals surface area (Å²) in [6.07, 6.45) is 0. The zero-order valence-corrected chi connectivity index (χ0v) is 14.3. The number of hydrogen-bond acceptors (Lipinski definition) is 4. The van der Waals surface area contributed by atoms with Crippen molar-refractivity contribution in [1.82, 2.24) is 4.98 Å². The van der Waals surface area contributed by atoms with E-state index in [4.69, 9.17) is 27.9 Å². The molecule has 2 aromatic rings. The van der Waals surface area contributed by atoms with Crippen LogP contribution in [0.15, 0.2) is 24.3 Å². The van der Waals surface area contributed by atoms with Gasteiger partial charge in [0, 0.05) is 5.69 Å². The van der Waals surface area contributed by atoms with Gasteiger partial charge in [0.1, 0.15) is 11.0 Å². The predicted molar refractivity (Wildman–Crippen MR) is 89.0 cm³/mol. The lowest BCUT2D eigenvalue weighted by molar-refractivity contribution is -0.119. The number of esters is 1. The fraction of sp³-hybridized carbons (Fsp3) is 0.188. The molecule has 1 aromatic carbocycles. The van der Waals surface area contributed by atoms with Crippen LogP contribution in [0.3, 0.4) is 0 Å². The first kappa shape index (κ1) is 18.2. The third kappa shape index (κ3) is 4.43. The van der Waals surface area contributed by atoms with Crippen molar-refractivity contribution in [3.05, 3.63) is 57.1 Å². The van der Waals surface area contributed by atoms with Crippen LogP contribution >= 0.6 is 23.2 Å². The third-order valence-electron chi connectivity index (χ3n) is 3.04. The van der Waals surface area contributed by atoms with Crippen LogP contribution in [-0.4, -0.2) is 23.5 Å². The maximum Gasteiger partial charge on any atom is 0.342 e. The van der Waals surface area contributed by atoms with Crippen LogP contribution in [0.5, 0.6) is 0 Å². The number of pyridine rings is 1. The molecule has 0 saturated heterocycles. The topological polar surface area (TPSA) is 68.3 Å². The molecule has 0 spiro atoms. The number of benzene rings is 1. The van der Waals surface area contributed by atoms with E-state index in [2.05, 4.69) is 10.3 Å². The number of nitrogens with zero attached hydrogens (tertiary/aromatic N) is 1. The van der Waals surface area contributed by atoms with E-state index in [9.17, 15) is 14.0 Å². The molecule has 0 bridgehead atoms. The largest absolute Gasteiger partial charge is 0.452 e. The first-order valence-electron chi connectivity index (χ1n) is 6.83. The highest BCUT2D eigenvalue weighted by atomic mass is 35.5. The zero-order chi connectivity index (χ0) is 17.9. The second kappa shape index (κ2) is 7.59. The Hall–Kier alpha value is -2.18. The smallest absolute Gasteiger partial charge is 0.342 e. The molecule has 0 aliphatic heterocycles. The molecule has 0 aliphatic carbocycles. The molecule has 0 fully saturated rings. The summed E-state index contributed by atoms with van der Waals surface area (Å²) in [6.45, 7) is 2.89. The number of halogens is 3. The van der Waals surface area contributed by atoms with Crippen LogP contribution in [0.2, 0.25) is 10.2 Å². The fourth-order valence-electron chi connectivity index (χ4n) is 2.02. The van der Waals surface area contributed by atoms with Gasteiger partial charge in [-0.3, -0.25) is 4.79 Å². The van der Waals surface area contributed by atoms with E-state index in [1.54, 1.807) is 19.9 Å². The van der Waals surface area contributed by atoms with Gasteiger partial charge < -0.3 is 10.1 Å². The lowest BCUT2D eigenvalue weighted by Gasteiger charge is -2.10. The Bertz CT molecular complexity index is 789. The number of aromatic nitrogens is 1. The summed E-state index contributed by atoms with van der Waals surface area (Å²) < 4.78 is 17.9. The van der Waals surface area contributed by atoms with Crippen molar-refractivity contribution in [3.8, 4) is 0 Å². The van der Waals surface area contributed by atoms with Crippen LogP contribution < -0.4 is 5.32 Å². The van der Waals surface area contributed by atoms with Gasteiger partial charge >= 0.3 is 5.97 Å². The van der Waals surface area contributed by atoms with Gasteiger partial charge in [-0.15, -0.1) is 0 Å². The summed E-state index contributed by atoms with van der Waals surface area (Å²) >= 11 is 11.7. The molecule has 0 unspecified atom stereocenters. The molecule has 1 N–H and O–H groups in total. The van der Waals surface area contributed by atoms with Crippen LogP contribution in [0.25, 0.3) is 0 Å². The second-order valence-corrected chi connectivity index (χ2v) is 5.76. The summed E-state index contributed by atoms with van der Waals surface area (Å²) in [7, 11) is 0. The number of ether oxygens (including phenoxy) is 1. The van der Waals surface area contributed by atoms with Crippen molar-refractivity contribution in [2.45, 2.75) is 13.8 Å². The first-order chi connectivity index (χ1) is 11.3. The number of anilines is 1. The summed E-state index contributed by atoms with van der Waals surface area (Å²) in [5.74, 6) is -1.91. The Kier molecular flexibility index (Phi) is 5.75. The molecule has 24 heavy (non-hydrogen) atoms. The Morgan fingerprint density at radius 1 is 1.25 bits per heavy atom. The molecular weight excluding hydrogens is 358 g/mol. The average molecular weight is 371 g/mol. The summed E-state index contributed by atoms with van der Waals surface area (Å²) in [4.78, 5) is 27.9. The number of carbonyl (C=O) groups is 2. The number of amides is 1. The van der Waals surface area contributed by atoms with Crippen molar-refractivity contribution in [2.75, 3.05) is 11.9 Å². The van der Waals surface area contributed by atoms with Gasteiger partial charge in [0.05, 0.1) is 16.3 Å². The Morgan fingerprint density at radius 3 is 2.58 bits per heavy atom. The number of aryl methyl sites for hydroxylation is 2. The number of nitrogens with one attached hydrogen (secondary N) is 1. The third-order valence-corrected chi connectivity index (χ3v) is 3.63. The van der Waals surface area contributed by atoms with Gasteiger partial charge in [-0.1, -0.05) is 23.2 Å². The molecular formula is C16H13Cl2FN2O3. The standard InChI is InChI=1S/C16H13Cl2FN2O3/c1-8-5-9(2)20-15(18)14(8)16(23)24-7-13(22)21-12-4-3-10(19)6-11(12)17/h3-6H,7H2,1-2H3,(H,21,22). The molecule has 8 heteroatoms. The second-order valence-electron chi connectivity index (χ2n) is 4.99. The van der Waals surface area contributed by atoms with Crippen LogP contribution in [-0.2, 0) is 9.53 Å². The highest BCUT2D eigenvalue weighted by Gasteiger charge is 2.18. The van der Waals surface area contributed by atoms with E-state index in [-0.39, 0.29) is 21.4 Å². The van der Waals surface area contributed by atoms with E-state index >= 15 is 0 Å². The van der Waals surface area contributed by atoms with Gasteiger partial charge in [0.15, 0.2) is 6.61 Å². The van der Waals surface area contributed by atoms with E-state index in [1.807, 2.05) is 0 Å². The normalized spacial score (nSPS) is 10.4. The minimum atomic E-state index is -0.759. The van der Waals surface area contributed by atoms with Crippen molar-refractivity contribution in [1.29, 1.82) is 0 Å². The van der Waals surface area contributed by atoms with E-state index in [0.29, 0.717) is 11.3 Å². The van der Waals surface area contributed by atoms with Gasteiger partial charge in [0.2, 0.25) is 0 Å². The molecule has 5 nitrogen and oxygen atoms in total. The molecule has 1 amide bonds. The van der Waals surface area contributed by atoms with Crippen LogP contribution in [0.1, 0.15) is 21.6 Å². The minimum absolute atomic E-state index is 0.0134. The molecule has 2 rings (SSSR count). The lowest BCUT2D eigenvalue weighted by atomic mass is 10.1. The fourth-order valence-corrected chi connectivity index (χ4v) is 2.59. The summed E-state index contributed by atoms with van der Waals surface area (Å²) in [5.41, 5.74) is 1.58. The highest BCUT2D eigenvalue weighted by molar-refractivity contribution is 6.33. The first-order valence-corrected chi connectivity index (χ1v) is 7.59. The van der Waals surface area contributed by atoms with Crippen molar-refractivity contribution < 1.29 is 18.7 Å². The minimum Gasteiger partial charge on any atom is -0.452 e.